The number of carbonyl (C=O) groups excluding carboxylic acids is 1. The Balaban J connectivity index is 2.32. The van der Waals surface area contributed by atoms with Crippen LogP contribution in [-0.4, -0.2) is 5.91 Å². The van der Waals surface area contributed by atoms with Crippen LogP contribution >= 0.6 is 39.1 Å². The summed E-state index contributed by atoms with van der Waals surface area (Å²) in [4.78, 5) is 12.1. The van der Waals surface area contributed by atoms with E-state index in [1.165, 1.54) is 12.1 Å². The fourth-order valence-corrected chi connectivity index (χ4v) is 2.60. The Hall–Kier alpha value is -1.23. The normalized spacial score (nSPS) is 10.3. The van der Waals surface area contributed by atoms with Gasteiger partial charge < -0.3 is 11.1 Å². The SMILES string of the molecule is Nc1cc(Cl)c(NC(=O)c2ccccc2Br)c(Cl)c1. The number of benzene rings is 2. The van der Waals surface area contributed by atoms with Gasteiger partial charge in [0.25, 0.3) is 5.91 Å². The number of carbonyl (C=O) groups is 1. The second kappa shape index (κ2) is 5.82. The van der Waals surface area contributed by atoms with Crippen LogP contribution in [0.2, 0.25) is 10.0 Å². The smallest absolute Gasteiger partial charge is 0.256 e. The molecule has 3 N–H and O–H groups in total. The molecule has 1 amide bonds. The molecule has 2 rings (SSSR count). The minimum atomic E-state index is -0.305. The molecule has 2 aromatic rings. The molecule has 98 valence electrons. The molecular formula is C13H9BrCl2N2O. The van der Waals surface area contributed by atoms with E-state index in [0.29, 0.717) is 31.5 Å². The van der Waals surface area contributed by atoms with Gasteiger partial charge in [0.05, 0.1) is 21.3 Å². The van der Waals surface area contributed by atoms with Gasteiger partial charge in [0, 0.05) is 10.2 Å². The third-order valence-electron chi connectivity index (χ3n) is 2.42. The second-order valence-electron chi connectivity index (χ2n) is 3.79. The summed E-state index contributed by atoms with van der Waals surface area (Å²) in [6.07, 6.45) is 0. The molecule has 0 heterocycles. The quantitative estimate of drug-likeness (QED) is 0.770. The van der Waals surface area contributed by atoms with Gasteiger partial charge in [-0.2, -0.15) is 0 Å². The predicted molar refractivity (Wildman–Crippen MR) is 83.0 cm³/mol. The lowest BCUT2D eigenvalue weighted by molar-refractivity contribution is 0.102. The molecular weight excluding hydrogens is 351 g/mol. The van der Waals surface area contributed by atoms with Crippen LogP contribution in [0, 0.1) is 0 Å². The highest BCUT2D eigenvalue weighted by atomic mass is 79.9. The number of rotatable bonds is 2. The first-order valence-electron chi connectivity index (χ1n) is 5.29. The van der Waals surface area contributed by atoms with Gasteiger partial charge >= 0.3 is 0 Å². The molecule has 0 saturated carbocycles. The summed E-state index contributed by atoms with van der Waals surface area (Å²) in [7, 11) is 0. The molecule has 0 aromatic heterocycles. The number of nitrogens with two attached hydrogens (primary N) is 1. The largest absolute Gasteiger partial charge is 0.399 e. The zero-order valence-electron chi connectivity index (χ0n) is 9.58. The highest BCUT2D eigenvalue weighted by Gasteiger charge is 2.14. The lowest BCUT2D eigenvalue weighted by atomic mass is 10.2. The maximum absolute atomic E-state index is 12.1. The van der Waals surface area contributed by atoms with Crippen LogP contribution in [0.15, 0.2) is 40.9 Å². The fourth-order valence-electron chi connectivity index (χ4n) is 1.54. The number of amides is 1. The van der Waals surface area contributed by atoms with Crippen LogP contribution in [0.1, 0.15) is 10.4 Å². The molecule has 19 heavy (non-hydrogen) atoms. The van der Waals surface area contributed by atoms with Crippen molar-refractivity contribution in [1.82, 2.24) is 0 Å². The lowest BCUT2D eigenvalue weighted by Crippen LogP contribution is -2.13. The Bertz CT molecular complexity index is 623. The number of hydrogen-bond donors (Lipinski definition) is 2. The molecule has 0 aliphatic rings. The van der Waals surface area contributed by atoms with Crippen LogP contribution in [0.5, 0.6) is 0 Å². The van der Waals surface area contributed by atoms with Crippen molar-refractivity contribution < 1.29 is 4.79 Å². The van der Waals surface area contributed by atoms with Crippen molar-refractivity contribution in [3.05, 3.63) is 56.5 Å². The van der Waals surface area contributed by atoms with Crippen molar-refractivity contribution in [3.63, 3.8) is 0 Å². The van der Waals surface area contributed by atoms with Gasteiger partial charge in [-0.25, -0.2) is 0 Å². The van der Waals surface area contributed by atoms with E-state index in [1.54, 1.807) is 18.2 Å². The summed E-state index contributed by atoms with van der Waals surface area (Å²) < 4.78 is 0.690. The van der Waals surface area contributed by atoms with Crippen molar-refractivity contribution in [2.75, 3.05) is 11.1 Å². The molecule has 0 atom stereocenters. The molecule has 3 nitrogen and oxygen atoms in total. The maximum Gasteiger partial charge on any atom is 0.256 e. The Labute approximate surface area is 128 Å². The first-order chi connectivity index (χ1) is 8.99. The molecule has 2 aromatic carbocycles. The van der Waals surface area contributed by atoms with Gasteiger partial charge in [-0.3, -0.25) is 4.79 Å². The van der Waals surface area contributed by atoms with Crippen LogP contribution < -0.4 is 11.1 Å². The average Bonchev–Trinajstić information content (AvgIpc) is 2.34. The molecule has 0 aliphatic carbocycles. The van der Waals surface area contributed by atoms with E-state index in [1.807, 2.05) is 6.07 Å². The number of halogens is 3. The molecule has 0 unspecified atom stereocenters. The Morgan fingerprint density at radius 3 is 2.32 bits per heavy atom. The van der Waals surface area contributed by atoms with Crippen molar-refractivity contribution in [1.29, 1.82) is 0 Å². The Morgan fingerprint density at radius 1 is 1.16 bits per heavy atom. The van der Waals surface area contributed by atoms with E-state index < -0.39 is 0 Å². The summed E-state index contributed by atoms with van der Waals surface area (Å²) in [5.41, 5.74) is 6.88. The van der Waals surface area contributed by atoms with Gasteiger partial charge in [0.2, 0.25) is 0 Å². The summed E-state index contributed by atoms with van der Waals surface area (Å²) >= 11 is 15.3. The number of anilines is 2. The van der Waals surface area contributed by atoms with Crippen molar-refractivity contribution in [2.24, 2.45) is 0 Å². The molecule has 6 heteroatoms. The van der Waals surface area contributed by atoms with Crippen LogP contribution in [0.3, 0.4) is 0 Å². The minimum absolute atomic E-state index is 0.297. The van der Waals surface area contributed by atoms with Crippen LogP contribution in [0.4, 0.5) is 11.4 Å². The Kier molecular flexibility index (Phi) is 4.34. The highest BCUT2D eigenvalue weighted by Crippen LogP contribution is 2.33. The average molecular weight is 360 g/mol. The number of nitrogens with one attached hydrogen (secondary N) is 1. The fraction of sp³-hybridized carbons (Fsp3) is 0. The van der Waals surface area contributed by atoms with Gasteiger partial charge in [0.1, 0.15) is 0 Å². The van der Waals surface area contributed by atoms with E-state index in [0.717, 1.165) is 0 Å². The highest BCUT2D eigenvalue weighted by molar-refractivity contribution is 9.10. The number of hydrogen-bond acceptors (Lipinski definition) is 2. The van der Waals surface area contributed by atoms with E-state index in [4.69, 9.17) is 28.9 Å². The lowest BCUT2D eigenvalue weighted by Gasteiger charge is -2.11. The predicted octanol–water partition coefficient (Wildman–Crippen LogP) is 4.59. The summed E-state index contributed by atoms with van der Waals surface area (Å²) in [6, 6.07) is 10.1. The van der Waals surface area contributed by atoms with Crippen molar-refractivity contribution >= 4 is 56.4 Å². The minimum Gasteiger partial charge on any atom is -0.399 e. The Morgan fingerprint density at radius 2 is 1.74 bits per heavy atom. The van der Waals surface area contributed by atoms with Crippen LogP contribution in [0.25, 0.3) is 0 Å². The van der Waals surface area contributed by atoms with Gasteiger partial charge in [-0.05, 0) is 40.2 Å². The first-order valence-corrected chi connectivity index (χ1v) is 6.84. The maximum atomic E-state index is 12.1. The third kappa shape index (κ3) is 3.21. The monoisotopic (exact) mass is 358 g/mol. The molecule has 0 aliphatic heterocycles. The van der Waals surface area contributed by atoms with E-state index in [2.05, 4.69) is 21.2 Å². The second-order valence-corrected chi connectivity index (χ2v) is 5.46. The zero-order valence-corrected chi connectivity index (χ0v) is 12.7. The summed E-state index contributed by atoms with van der Waals surface area (Å²) in [6.45, 7) is 0. The van der Waals surface area contributed by atoms with Gasteiger partial charge in [-0.15, -0.1) is 0 Å². The van der Waals surface area contributed by atoms with Gasteiger partial charge in [0.15, 0.2) is 0 Å². The zero-order chi connectivity index (χ0) is 14.0. The summed E-state index contributed by atoms with van der Waals surface area (Å²) in [5.74, 6) is -0.305. The topological polar surface area (TPSA) is 55.1 Å². The van der Waals surface area contributed by atoms with Crippen LogP contribution in [-0.2, 0) is 0 Å². The third-order valence-corrected chi connectivity index (χ3v) is 3.71. The van der Waals surface area contributed by atoms with Crippen molar-refractivity contribution in [2.45, 2.75) is 0 Å². The summed E-state index contributed by atoms with van der Waals surface area (Å²) in [5, 5.41) is 3.27. The molecule has 0 fully saturated rings. The van der Waals surface area contributed by atoms with E-state index in [-0.39, 0.29) is 5.91 Å². The van der Waals surface area contributed by atoms with E-state index >= 15 is 0 Å². The van der Waals surface area contributed by atoms with Crippen molar-refractivity contribution in [3.8, 4) is 0 Å². The molecule has 0 bridgehead atoms. The molecule has 0 radical (unpaired) electrons. The number of nitrogen functional groups attached to an aromatic ring is 1. The standard InChI is InChI=1S/C13H9BrCl2N2O/c14-9-4-2-1-3-8(9)13(19)18-12-10(15)5-7(17)6-11(12)16/h1-6H,17H2,(H,18,19). The first kappa shape index (κ1) is 14.2. The molecule has 0 saturated heterocycles. The molecule has 0 spiro atoms. The van der Waals surface area contributed by atoms with E-state index in [9.17, 15) is 4.79 Å². The van der Waals surface area contributed by atoms with Gasteiger partial charge in [-0.1, -0.05) is 35.3 Å².